The molecule has 0 aromatic heterocycles. The van der Waals surface area contributed by atoms with E-state index < -0.39 is 11.9 Å². The maximum Gasteiger partial charge on any atom is 0.303 e. The van der Waals surface area contributed by atoms with Crippen molar-refractivity contribution in [3.63, 3.8) is 0 Å². The number of carboxylic acid groups (broad SMARTS) is 2. The predicted octanol–water partition coefficient (Wildman–Crippen LogP) is 4.18. The zero-order chi connectivity index (χ0) is 16.8. The van der Waals surface area contributed by atoms with Gasteiger partial charge in [0.2, 0.25) is 0 Å². The number of carbonyl (C=O) groups is 2. The molecule has 2 N–H and O–H groups in total. The van der Waals surface area contributed by atoms with Crippen molar-refractivity contribution in [3.8, 4) is 0 Å². The molecule has 4 heteroatoms. The standard InChI is InChI=1S/C19H30O4/c1-18-8-3-4-14(18)13-6-5-12(10-16(20)21)19(2,11-17(22)23)15(13)7-9-18/h12-15H,3-11H2,1-2H3,(H,20,21)(H,22,23)/t12-,13+,14+,15-,18-,19-/m1/s1. The smallest absolute Gasteiger partial charge is 0.303 e. The fourth-order valence-electron chi connectivity index (χ4n) is 6.68. The summed E-state index contributed by atoms with van der Waals surface area (Å²) in [6.07, 6.45) is 8.38. The van der Waals surface area contributed by atoms with Gasteiger partial charge in [-0.1, -0.05) is 20.3 Å². The molecule has 6 atom stereocenters. The van der Waals surface area contributed by atoms with Gasteiger partial charge in [0, 0.05) is 6.42 Å². The molecule has 23 heavy (non-hydrogen) atoms. The third-order valence-electron chi connectivity index (χ3n) is 7.80. The SMILES string of the molecule is C[C@]12CCC[C@H]1[C@@H]1CC[C@H](CC(=O)O)[C@@](C)(CC(=O)O)[C@@H]1CC2. The van der Waals surface area contributed by atoms with Crippen LogP contribution < -0.4 is 0 Å². The van der Waals surface area contributed by atoms with Crippen molar-refractivity contribution in [1.29, 1.82) is 0 Å². The summed E-state index contributed by atoms with van der Waals surface area (Å²) in [6, 6.07) is 0. The Morgan fingerprint density at radius 2 is 1.70 bits per heavy atom. The Balaban J connectivity index is 1.90. The summed E-state index contributed by atoms with van der Waals surface area (Å²) in [7, 11) is 0. The molecular weight excluding hydrogens is 292 g/mol. The first kappa shape index (κ1) is 16.8. The second-order valence-corrected chi connectivity index (χ2v) is 8.91. The van der Waals surface area contributed by atoms with Crippen LogP contribution in [0.3, 0.4) is 0 Å². The van der Waals surface area contributed by atoms with Crippen LogP contribution in [0.4, 0.5) is 0 Å². The minimum absolute atomic E-state index is 0.00288. The Morgan fingerprint density at radius 3 is 2.35 bits per heavy atom. The molecule has 0 radical (unpaired) electrons. The normalized spacial score (nSPS) is 46.0. The summed E-state index contributed by atoms with van der Waals surface area (Å²) in [4.78, 5) is 22.8. The quantitative estimate of drug-likeness (QED) is 0.814. The molecular formula is C19H30O4. The first-order chi connectivity index (χ1) is 10.8. The highest BCUT2D eigenvalue weighted by atomic mass is 16.4. The molecule has 0 spiro atoms. The molecule has 0 unspecified atom stereocenters. The summed E-state index contributed by atoms with van der Waals surface area (Å²) in [5.74, 6) is 0.150. The van der Waals surface area contributed by atoms with E-state index in [2.05, 4.69) is 13.8 Å². The van der Waals surface area contributed by atoms with E-state index >= 15 is 0 Å². The van der Waals surface area contributed by atoms with Crippen molar-refractivity contribution in [1.82, 2.24) is 0 Å². The minimum atomic E-state index is -0.786. The summed E-state index contributed by atoms with van der Waals surface area (Å²) < 4.78 is 0. The third-order valence-corrected chi connectivity index (χ3v) is 7.80. The van der Waals surface area contributed by atoms with Gasteiger partial charge in [-0.3, -0.25) is 9.59 Å². The maximum atomic E-state index is 11.5. The molecule has 0 heterocycles. The molecule has 0 bridgehead atoms. The molecule has 3 fully saturated rings. The first-order valence-corrected chi connectivity index (χ1v) is 9.20. The summed E-state index contributed by atoms with van der Waals surface area (Å²) in [5.41, 5.74) is 0.0853. The lowest BCUT2D eigenvalue weighted by molar-refractivity contribution is -0.154. The van der Waals surface area contributed by atoms with Gasteiger partial charge in [-0.05, 0) is 73.0 Å². The molecule has 4 nitrogen and oxygen atoms in total. The van der Waals surface area contributed by atoms with Crippen molar-refractivity contribution in [2.75, 3.05) is 0 Å². The third kappa shape index (κ3) is 2.78. The number of fused-ring (bicyclic) bond motifs is 3. The monoisotopic (exact) mass is 322 g/mol. The van der Waals surface area contributed by atoms with Crippen molar-refractivity contribution < 1.29 is 19.8 Å². The minimum Gasteiger partial charge on any atom is -0.481 e. The van der Waals surface area contributed by atoms with Gasteiger partial charge in [-0.25, -0.2) is 0 Å². The van der Waals surface area contributed by atoms with Gasteiger partial charge in [-0.15, -0.1) is 0 Å². The number of carboxylic acids is 2. The van der Waals surface area contributed by atoms with Gasteiger partial charge < -0.3 is 10.2 Å². The molecule has 0 saturated heterocycles. The number of hydrogen-bond donors (Lipinski definition) is 2. The van der Waals surface area contributed by atoms with Crippen LogP contribution in [0, 0.1) is 34.5 Å². The van der Waals surface area contributed by atoms with Crippen LogP contribution in [0.2, 0.25) is 0 Å². The zero-order valence-electron chi connectivity index (χ0n) is 14.4. The van der Waals surface area contributed by atoms with Crippen LogP contribution in [0.5, 0.6) is 0 Å². The molecule has 0 aromatic carbocycles. The lowest BCUT2D eigenvalue weighted by atomic mass is 9.47. The van der Waals surface area contributed by atoms with Gasteiger partial charge >= 0.3 is 11.9 Å². The fraction of sp³-hybridized carbons (Fsp3) is 0.895. The summed E-state index contributed by atoms with van der Waals surface area (Å²) in [6.45, 7) is 4.50. The summed E-state index contributed by atoms with van der Waals surface area (Å²) >= 11 is 0. The Bertz CT molecular complexity index is 502. The number of aliphatic carboxylic acids is 2. The van der Waals surface area contributed by atoms with Crippen LogP contribution in [0.1, 0.15) is 71.6 Å². The van der Waals surface area contributed by atoms with E-state index in [-0.39, 0.29) is 24.2 Å². The molecule has 3 saturated carbocycles. The Hall–Kier alpha value is -1.06. The van der Waals surface area contributed by atoms with E-state index in [0.29, 0.717) is 17.3 Å². The van der Waals surface area contributed by atoms with Crippen molar-refractivity contribution >= 4 is 11.9 Å². The highest BCUT2D eigenvalue weighted by Crippen LogP contribution is 2.64. The summed E-state index contributed by atoms with van der Waals surface area (Å²) in [5, 5.41) is 18.7. The molecule has 130 valence electrons. The molecule has 0 aliphatic heterocycles. The van der Waals surface area contributed by atoms with Gasteiger partial charge in [0.1, 0.15) is 0 Å². The average Bonchev–Trinajstić information content (AvgIpc) is 2.82. The van der Waals surface area contributed by atoms with Gasteiger partial charge in [0.15, 0.2) is 0 Å². The van der Waals surface area contributed by atoms with E-state index in [4.69, 9.17) is 0 Å². The average molecular weight is 322 g/mol. The Morgan fingerprint density at radius 1 is 0.957 bits per heavy atom. The van der Waals surface area contributed by atoms with Crippen LogP contribution in [-0.4, -0.2) is 22.2 Å². The molecule has 3 aliphatic carbocycles. The molecule has 3 aliphatic rings. The van der Waals surface area contributed by atoms with E-state index in [0.717, 1.165) is 25.2 Å². The van der Waals surface area contributed by atoms with E-state index in [1.54, 1.807) is 0 Å². The largest absolute Gasteiger partial charge is 0.481 e. The number of rotatable bonds is 4. The van der Waals surface area contributed by atoms with Gasteiger partial charge in [-0.2, -0.15) is 0 Å². The van der Waals surface area contributed by atoms with Crippen LogP contribution in [0.15, 0.2) is 0 Å². The van der Waals surface area contributed by atoms with Crippen LogP contribution in [-0.2, 0) is 9.59 Å². The van der Waals surface area contributed by atoms with E-state index in [9.17, 15) is 19.8 Å². The molecule has 3 rings (SSSR count). The van der Waals surface area contributed by atoms with Gasteiger partial charge in [0.25, 0.3) is 0 Å². The second-order valence-electron chi connectivity index (χ2n) is 8.91. The highest BCUT2D eigenvalue weighted by molar-refractivity contribution is 5.69. The second kappa shape index (κ2) is 5.78. The Labute approximate surface area is 138 Å². The van der Waals surface area contributed by atoms with Crippen molar-refractivity contribution in [3.05, 3.63) is 0 Å². The predicted molar refractivity (Wildman–Crippen MR) is 87.0 cm³/mol. The highest BCUT2D eigenvalue weighted by Gasteiger charge is 2.57. The lowest BCUT2D eigenvalue weighted by Gasteiger charge is -2.58. The maximum absolute atomic E-state index is 11.5. The van der Waals surface area contributed by atoms with Crippen molar-refractivity contribution in [2.45, 2.75) is 71.6 Å². The number of hydrogen-bond acceptors (Lipinski definition) is 2. The van der Waals surface area contributed by atoms with Crippen LogP contribution in [0.25, 0.3) is 0 Å². The fourth-order valence-corrected chi connectivity index (χ4v) is 6.68. The lowest BCUT2D eigenvalue weighted by Crippen LogP contribution is -2.52. The van der Waals surface area contributed by atoms with Crippen LogP contribution >= 0.6 is 0 Å². The zero-order valence-corrected chi connectivity index (χ0v) is 14.4. The molecule has 0 amide bonds. The van der Waals surface area contributed by atoms with E-state index in [1.807, 2.05) is 0 Å². The van der Waals surface area contributed by atoms with Gasteiger partial charge in [0.05, 0.1) is 6.42 Å². The Kier molecular flexibility index (Phi) is 4.22. The van der Waals surface area contributed by atoms with E-state index in [1.165, 1.54) is 25.7 Å². The molecule has 0 aromatic rings. The first-order valence-electron chi connectivity index (χ1n) is 9.20. The topological polar surface area (TPSA) is 74.6 Å². The van der Waals surface area contributed by atoms with Crippen molar-refractivity contribution in [2.24, 2.45) is 34.5 Å².